The molecule has 0 aliphatic carbocycles. The van der Waals surface area contributed by atoms with Crippen LogP contribution in [0.1, 0.15) is 16.7 Å². The Kier molecular flexibility index (Phi) is 2.88. The molecule has 3 nitrogen and oxygen atoms in total. The van der Waals surface area contributed by atoms with Crippen LogP contribution in [0.2, 0.25) is 5.02 Å². The first kappa shape index (κ1) is 11.0. The molecule has 0 radical (unpaired) electrons. The third-order valence-corrected chi connectivity index (χ3v) is 2.88. The molecule has 2 rings (SSSR count). The smallest absolute Gasteiger partial charge is 0.148 e. The van der Waals surface area contributed by atoms with E-state index in [9.17, 15) is 0 Å². The minimum absolute atomic E-state index is 0.572. The molecule has 0 amide bonds. The van der Waals surface area contributed by atoms with E-state index in [1.165, 1.54) is 0 Å². The predicted octanol–water partition coefficient (Wildman–Crippen LogP) is 2.78. The first-order chi connectivity index (χ1) is 7.56. The van der Waals surface area contributed by atoms with Crippen molar-refractivity contribution in [2.45, 2.75) is 20.4 Å². The third kappa shape index (κ3) is 2.19. The Balaban J connectivity index is 2.27. The zero-order valence-corrected chi connectivity index (χ0v) is 10.1. The highest BCUT2D eigenvalue weighted by atomic mass is 35.5. The summed E-state index contributed by atoms with van der Waals surface area (Å²) in [6, 6.07) is 6.02. The topological polar surface area (TPSA) is 43.8 Å². The van der Waals surface area contributed by atoms with Crippen LogP contribution in [0.5, 0.6) is 0 Å². The first-order valence-electron chi connectivity index (χ1n) is 5.11. The fourth-order valence-corrected chi connectivity index (χ4v) is 1.87. The minimum atomic E-state index is 0.572. The number of rotatable bonds is 2. The molecular weight excluding hydrogens is 222 g/mol. The number of benzene rings is 1. The maximum atomic E-state index is 6.15. The van der Waals surface area contributed by atoms with Crippen molar-refractivity contribution in [1.29, 1.82) is 0 Å². The van der Waals surface area contributed by atoms with Crippen molar-refractivity contribution in [1.82, 2.24) is 9.78 Å². The average molecular weight is 236 g/mol. The van der Waals surface area contributed by atoms with E-state index in [0.29, 0.717) is 12.4 Å². The van der Waals surface area contributed by atoms with E-state index in [1.54, 1.807) is 4.68 Å². The molecule has 0 aliphatic heterocycles. The second kappa shape index (κ2) is 4.18. The number of anilines is 1. The SMILES string of the molecule is Cc1ccc(Cn2cc(C)c(N)n2)c(Cl)c1. The van der Waals surface area contributed by atoms with Crippen LogP contribution in [0, 0.1) is 13.8 Å². The lowest BCUT2D eigenvalue weighted by Gasteiger charge is -2.05. The van der Waals surface area contributed by atoms with Gasteiger partial charge in [-0.05, 0) is 31.0 Å². The van der Waals surface area contributed by atoms with Gasteiger partial charge in [-0.2, -0.15) is 5.10 Å². The van der Waals surface area contributed by atoms with Crippen LogP contribution in [-0.2, 0) is 6.54 Å². The molecule has 1 heterocycles. The summed E-state index contributed by atoms with van der Waals surface area (Å²) in [6.45, 7) is 4.61. The second-order valence-corrected chi connectivity index (χ2v) is 4.40. The van der Waals surface area contributed by atoms with Crippen LogP contribution >= 0.6 is 11.6 Å². The maximum absolute atomic E-state index is 6.15. The molecule has 2 aromatic rings. The van der Waals surface area contributed by atoms with Crippen LogP contribution in [-0.4, -0.2) is 9.78 Å². The van der Waals surface area contributed by atoms with Crippen LogP contribution in [0.3, 0.4) is 0 Å². The maximum Gasteiger partial charge on any atom is 0.148 e. The van der Waals surface area contributed by atoms with Gasteiger partial charge in [-0.25, -0.2) is 0 Å². The molecular formula is C12H14ClN3. The summed E-state index contributed by atoms with van der Waals surface area (Å²) in [5.74, 6) is 0.572. The monoisotopic (exact) mass is 235 g/mol. The number of aryl methyl sites for hydroxylation is 2. The Hall–Kier alpha value is -1.48. The summed E-state index contributed by atoms with van der Waals surface area (Å²) in [5, 5.41) is 4.97. The molecule has 0 saturated carbocycles. The van der Waals surface area contributed by atoms with E-state index in [1.807, 2.05) is 38.2 Å². The van der Waals surface area contributed by atoms with Crippen LogP contribution in [0.4, 0.5) is 5.82 Å². The average Bonchev–Trinajstić information content (AvgIpc) is 2.51. The molecule has 0 atom stereocenters. The number of nitrogens with zero attached hydrogens (tertiary/aromatic N) is 2. The molecule has 0 aliphatic rings. The number of hydrogen-bond donors (Lipinski definition) is 1. The van der Waals surface area contributed by atoms with Gasteiger partial charge in [0.15, 0.2) is 0 Å². The van der Waals surface area contributed by atoms with Gasteiger partial charge in [-0.1, -0.05) is 23.7 Å². The fraction of sp³-hybridized carbons (Fsp3) is 0.250. The molecule has 16 heavy (non-hydrogen) atoms. The molecule has 0 fully saturated rings. The molecule has 2 N–H and O–H groups in total. The lowest BCUT2D eigenvalue weighted by Crippen LogP contribution is -2.01. The van der Waals surface area contributed by atoms with Gasteiger partial charge in [0.2, 0.25) is 0 Å². The number of nitrogen functional groups attached to an aromatic ring is 1. The summed E-state index contributed by atoms with van der Waals surface area (Å²) in [7, 11) is 0. The molecule has 1 aromatic carbocycles. The molecule has 1 aromatic heterocycles. The molecule has 0 saturated heterocycles. The summed E-state index contributed by atoms with van der Waals surface area (Å²) in [4.78, 5) is 0. The van der Waals surface area contributed by atoms with Crippen molar-refractivity contribution in [2.75, 3.05) is 5.73 Å². The zero-order chi connectivity index (χ0) is 11.7. The molecule has 0 spiro atoms. The van der Waals surface area contributed by atoms with Gasteiger partial charge in [-0.3, -0.25) is 4.68 Å². The third-order valence-electron chi connectivity index (χ3n) is 2.52. The van der Waals surface area contributed by atoms with Gasteiger partial charge in [-0.15, -0.1) is 0 Å². The number of aromatic nitrogens is 2. The quantitative estimate of drug-likeness (QED) is 0.870. The van der Waals surface area contributed by atoms with Crippen LogP contribution < -0.4 is 5.73 Å². The van der Waals surface area contributed by atoms with Gasteiger partial charge >= 0.3 is 0 Å². The normalized spacial score (nSPS) is 10.7. The Morgan fingerprint density at radius 2 is 2.12 bits per heavy atom. The van der Waals surface area contributed by atoms with Crippen molar-refractivity contribution in [3.8, 4) is 0 Å². The van der Waals surface area contributed by atoms with E-state index in [0.717, 1.165) is 21.7 Å². The van der Waals surface area contributed by atoms with Gasteiger partial charge in [0, 0.05) is 16.8 Å². The van der Waals surface area contributed by atoms with Crippen molar-refractivity contribution in [3.63, 3.8) is 0 Å². The van der Waals surface area contributed by atoms with Gasteiger partial charge < -0.3 is 5.73 Å². The van der Waals surface area contributed by atoms with E-state index in [-0.39, 0.29) is 0 Å². The number of nitrogens with two attached hydrogens (primary N) is 1. The van der Waals surface area contributed by atoms with Crippen molar-refractivity contribution >= 4 is 17.4 Å². The largest absolute Gasteiger partial charge is 0.382 e. The van der Waals surface area contributed by atoms with Crippen LogP contribution in [0.15, 0.2) is 24.4 Å². The number of halogens is 1. The standard InChI is InChI=1S/C12H14ClN3/c1-8-3-4-10(11(13)5-8)7-16-6-9(2)12(14)15-16/h3-6H,7H2,1-2H3,(H2,14,15). The Labute approximate surface area is 99.8 Å². The van der Waals surface area contributed by atoms with E-state index in [2.05, 4.69) is 5.10 Å². The van der Waals surface area contributed by atoms with Gasteiger partial charge in [0.1, 0.15) is 5.82 Å². The molecule has 84 valence electrons. The van der Waals surface area contributed by atoms with Gasteiger partial charge in [0.25, 0.3) is 0 Å². The van der Waals surface area contributed by atoms with Crippen molar-refractivity contribution in [3.05, 3.63) is 46.1 Å². The molecule has 0 unspecified atom stereocenters. The summed E-state index contributed by atoms with van der Waals surface area (Å²) in [6.07, 6.45) is 1.92. The lowest BCUT2D eigenvalue weighted by molar-refractivity contribution is 0.690. The summed E-state index contributed by atoms with van der Waals surface area (Å²) >= 11 is 6.15. The minimum Gasteiger partial charge on any atom is -0.382 e. The highest BCUT2D eigenvalue weighted by Crippen LogP contribution is 2.19. The Morgan fingerprint density at radius 1 is 1.38 bits per heavy atom. The highest BCUT2D eigenvalue weighted by Gasteiger charge is 2.04. The summed E-state index contributed by atoms with van der Waals surface area (Å²) in [5.41, 5.74) is 8.89. The van der Waals surface area contributed by atoms with Crippen molar-refractivity contribution < 1.29 is 0 Å². The van der Waals surface area contributed by atoms with E-state index < -0.39 is 0 Å². The van der Waals surface area contributed by atoms with E-state index >= 15 is 0 Å². The Bertz CT molecular complexity index is 497. The lowest BCUT2D eigenvalue weighted by atomic mass is 10.1. The fourth-order valence-electron chi connectivity index (χ4n) is 1.57. The van der Waals surface area contributed by atoms with Crippen LogP contribution in [0.25, 0.3) is 0 Å². The highest BCUT2D eigenvalue weighted by molar-refractivity contribution is 6.31. The zero-order valence-electron chi connectivity index (χ0n) is 9.37. The first-order valence-corrected chi connectivity index (χ1v) is 5.48. The second-order valence-electron chi connectivity index (χ2n) is 3.99. The van der Waals surface area contributed by atoms with Crippen molar-refractivity contribution in [2.24, 2.45) is 0 Å². The number of hydrogen-bond acceptors (Lipinski definition) is 2. The van der Waals surface area contributed by atoms with E-state index in [4.69, 9.17) is 17.3 Å². The van der Waals surface area contributed by atoms with Gasteiger partial charge in [0.05, 0.1) is 6.54 Å². The predicted molar refractivity (Wildman–Crippen MR) is 66.7 cm³/mol. The Morgan fingerprint density at radius 3 is 2.69 bits per heavy atom. The summed E-state index contributed by atoms with van der Waals surface area (Å²) < 4.78 is 1.81. The molecule has 4 heteroatoms. The molecule has 0 bridgehead atoms.